The Labute approximate surface area is 117 Å². The number of halogens is 3. The second kappa shape index (κ2) is 6.47. The lowest BCUT2D eigenvalue weighted by molar-refractivity contribution is -0.134. The third-order valence-electron chi connectivity index (χ3n) is 2.41. The number of thiophene rings is 1. The molecule has 1 amide bonds. The van der Waals surface area contributed by atoms with Crippen LogP contribution in [0.15, 0.2) is 0 Å². The number of hydrogen-bond donors (Lipinski definition) is 3. The first kappa shape index (κ1) is 16.1. The first-order valence-electron chi connectivity index (χ1n) is 5.65. The minimum Gasteiger partial charge on any atom is -0.396 e. The molecule has 1 rings (SSSR count). The molecule has 0 spiro atoms. The van der Waals surface area contributed by atoms with Gasteiger partial charge in [0.2, 0.25) is 0 Å². The van der Waals surface area contributed by atoms with Crippen molar-refractivity contribution in [3.05, 3.63) is 10.4 Å². The van der Waals surface area contributed by atoms with Crippen LogP contribution in [0.2, 0.25) is 0 Å². The van der Waals surface area contributed by atoms with Crippen molar-refractivity contribution in [3.8, 4) is 6.07 Å². The molecule has 0 aromatic carbocycles. The van der Waals surface area contributed by atoms with Crippen molar-refractivity contribution in [1.29, 1.82) is 5.26 Å². The minimum atomic E-state index is -4.21. The molecule has 0 aliphatic carbocycles. The molecule has 20 heavy (non-hydrogen) atoms. The topological polar surface area (TPSA) is 90.9 Å². The van der Waals surface area contributed by atoms with Crippen LogP contribution in [0.5, 0.6) is 0 Å². The highest BCUT2D eigenvalue weighted by Crippen LogP contribution is 2.35. The predicted octanol–water partition coefficient (Wildman–Crippen LogP) is 2.32. The Morgan fingerprint density at radius 3 is 2.65 bits per heavy atom. The average molecular weight is 306 g/mol. The molecule has 1 aromatic heterocycles. The van der Waals surface area contributed by atoms with Gasteiger partial charge in [0, 0.05) is 20.0 Å². The van der Waals surface area contributed by atoms with Gasteiger partial charge in [-0.3, -0.25) is 4.79 Å². The zero-order valence-electron chi connectivity index (χ0n) is 10.6. The van der Waals surface area contributed by atoms with Crippen LogP contribution < -0.4 is 16.4 Å². The van der Waals surface area contributed by atoms with Gasteiger partial charge in [-0.25, -0.2) is 0 Å². The second-order valence-electron chi connectivity index (χ2n) is 3.89. The standard InChI is InChI=1S/C11H13F3N4OS/c1-17-9(19)8-7(16)6(5-15)10(20-8)18-4-2-3-11(12,13)14/h18H,2-4,16H2,1H3,(H,17,19). The monoisotopic (exact) mass is 306 g/mol. The predicted molar refractivity (Wildman–Crippen MR) is 70.6 cm³/mol. The van der Waals surface area contributed by atoms with E-state index >= 15 is 0 Å². The van der Waals surface area contributed by atoms with Gasteiger partial charge in [0.05, 0.1) is 5.69 Å². The molecule has 0 unspecified atom stereocenters. The molecular formula is C11H13F3N4OS. The summed E-state index contributed by atoms with van der Waals surface area (Å²) in [5.41, 5.74) is 5.79. The lowest BCUT2D eigenvalue weighted by Crippen LogP contribution is -2.17. The molecule has 1 heterocycles. The third-order valence-corrected chi connectivity index (χ3v) is 3.57. The van der Waals surface area contributed by atoms with Gasteiger partial charge < -0.3 is 16.4 Å². The highest BCUT2D eigenvalue weighted by molar-refractivity contribution is 7.18. The average Bonchev–Trinajstić information content (AvgIpc) is 2.69. The number of nitrogens with zero attached hydrogens (tertiary/aromatic N) is 1. The van der Waals surface area contributed by atoms with E-state index in [0.717, 1.165) is 11.3 Å². The van der Waals surface area contributed by atoms with Crippen LogP contribution in [0.3, 0.4) is 0 Å². The number of rotatable bonds is 5. The molecule has 0 saturated heterocycles. The number of carbonyl (C=O) groups is 1. The van der Waals surface area contributed by atoms with Crippen LogP contribution in [-0.2, 0) is 0 Å². The van der Waals surface area contributed by atoms with Crippen molar-refractivity contribution in [2.75, 3.05) is 24.6 Å². The quantitative estimate of drug-likeness (QED) is 0.728. The summed E-state index contributed by atoms with van der Waals surface area (Å²) in [4.78, 5) is 11.7. The summed E-state index contributed by atoms with van der Waals surface area (Å²) in [5.74, 6) is -0.438. The molecule has 9 heteroatoms. The Bertz CT molecular complexity index is 533. The van der Waals surface area contributed by atoms with Gasteiger partial charge in [-0.1, -0.05) is 0 Å². The van der Waals surface area contributed by atoms with E-state index in [-0.39, 0.29) is 29.1 Å². The van der Waals surface area contributed by atoms with Crippen LogP contribution >= 0.6 is 11.3 Å². The summed E-state index contributed by atoms with van der Waals surface area (Å²) in [6, 6.07) is 1.84. The molecule has 0 radical (unpaired) electrons. The van der Waals surface area contributed by atoms with E-state index in [4.69, 9.17) is 11.0 Å². The van der Waals surface area contributed by atoms with Gasteiger partial charge in [-0.05, 0) is 6.42 Å². The van der Waals surface area contributed by atoms with Gasteiger partial charge in [-0.15, -0.1) is 11.3 Å². The number of carbonyl (C=O) groups excluding carboxylic acids is 1. The normalized spacial score (nSPS) is 10.9. The zero-order chi connectivity index (χ0) is 15.3. The molecule has 5 nitrogen and oxygen atoms in total. The van der Waals surface area contributed by atoms with Crippen molar-refractivity contribution in [1.82, 2.24) is 5.32 Å². The maximum atomic E-state index is 12.0. The highest BCUT2D eigenvalue weighted by atomic mass is 32.1. The van der Waals surface area contributed by atoms with Gasteiger partial charge >= 0.3 is 6.18 Å². The molecule has 0 atom stereocenters. The largest absolute Gasteiger partial charge is 0.396 e. The summed E-state index contributed by atoms with van der Waals surface area (Å²) in [6.45, 7) is 0.0430. The van der Waals surface area contributed by atoms with E-state index in [9.17, 15) is 18.0 Å². The van der Waals surface area contributed by atoms with Crippen molar-refractivity contribution >= 4 is 27.9 Å². The molecule has 0 aliphatic rings. The van der Waals surface area contributed by atoms with E-state index in [0.29, 0.717) is 5.00 Å². The van der Waals surface area contributed by atoms with Gasteiger partial charge in [-0.2, -0.15) is 18.4 Å². The van der Waals surface area contributed by atoms with E-state index < -0.39 is 18.5 Å². The molecule has 110 valence electrons. The van der Waals surface area contributed by atoms with E-state index in [1.54, 1.807) is 0 Å². The van der Waals surface area contributed by atoms with Crippen LogP contribution in [0.4, 0.5) is 23.9 Å². The smallest absolute Gasteiger partial charge is 0.389 e. The number of nitrogens with two attached hydrogens (primary N) is 1. The second-order valence-corrected chi connectivity index (χ2v) is 4.91. The molecule has 1 aromatic rings. The number of anilines is 2. The number of amides is 1. The third kappa shape index (κ3) is 4.03. The number of nitrogens with one attached hydrogen (secondary N) is 2. The zero-order valence-corrected chi connectivity index (χ0v) is 11.4. The SMILES string of the molecule is CNC(=O)c1sc(NCCCC(F)(F)F)c(C#N)c1N. The first-order valence-corrected chi connectivity index (χ1v) is 6.47. The fourth-order valence-electron chi connectivity index (χ4n) is 1.45. The number of hydrogen-bond acceptors (Lipinski definition) is 5. The number of nitrogen functional groups attached to an aromatic ring is 1. The maximum absolute atomic E-state index is 12.0. The summed E-state index contributed by atoms with van der Waals surface area (Å²) >= 11 is 0.949. The van der Waals surface area contributed by atoms with Crippen LogP contribution in [-0.4, -0.2) is 25.7 Å². The van der Waals surface area contributed by atoms with E-state index in [1.807, 2.05) is 6.07 Å². The molecule has 0 aliphatic heterocycles. The molecule has 0 bridgehead atoms. The fraction of sp³-hybridized carbons (Fsp3) is 0.455. The Hall–Kier alpha value is -1.95. The summed E-state index contributed by atoms with van der Waals surface area (Å²) in [5, 5.41) is 14.4. The Kier molecular flexibility index (Phi) is 5.21. The maximum Gasteiger partial charge on any atom is 0.389 e. The lowest BCUT2D eigenvalue weighted by Gasteiger charge is -2.07. The van der Waals surface area contributed by atoms with Gasteiger partial charge in [0.25, 0.3) is 5.91 Å². The lowest BCUT2D eigenvalue weighted by atomic mass is 10.2. The van der Waals surface area contributed by atoms with Crippen LogP contribution in [0.1, 0.15) is 28.1 Å². The summed E-state index contributed by atoms with van der Waals surface area (Å²) < 4.78 is 36.0. The van der Waals surface area contributed by atoms with E-state index in [1.165, 1.54) is 7.05 Å². The Morgan fingerprint density at radius 2 is 2.15 bits per heavy atom. The first-order chi connectivity index (χ1) is 9.30. The number of nitriles is 1. The summed E-state index contributed by atoms with van der Waals surface area (Å²) in [7, 11) is 1.42. The van der Waals surface area contributed by atoms with Crippen molar-refractivity contribution in [3.63, 3.8) is 0 Å². The van der Waals surface area contributed by atoms with Crippen LogP contribution in [0, 0.1) is 11.3 Å². The van der Waals surface area contributed by atoms with Crippen molar-refractivity contribution in [2.45, 2.75) is 19.0 Å². The molecule has 0 fully saturated rings. The minimum absolute atomic E-state index is 0.0372. The summed E-state index contributed by atoms with van der Waals surface area (Å²) in [6.07, 6.45) is -5.24. The van der Waals surface area contributed by atoms with E-state index in [2.05, 4.69) is 10.6 Å². The van der Waals surface area contributed by atoms with Gasteiger partial charge in [0.1, 0.15) is 21.5 Å². The molecule has 0 saturated carbocycles. The van der Waals surface area contributed by atoms with Crippen LogP contribution in [0.25, 0.3) is 0 Å². The number of alkyl halides is 3. The van der Waals surface area contributed by atoms with Crippen molar-refractivity contribution < 1.29 is 18.0 Å². The fourth-order valence-corrected chi connectivity index (χ4v) is 2.50. The Morgan fingerprint density at radius 1 is 1.50 bits per heavy atom. The molecule has 4 N–H and O–H groups in total. The van der Waals surface area contributed by atoms with Gasteiger partial charge in [0.15, 0.2) is 0 Å². The highest BCUT2D eigenvalue weighted by Gasteiger charge is 2.26. The Balaban J connectivity index is 2.76. The molecular weight excluding hydrogens is 293 g/mol. The van der Waals surface area contributed by atoms with Crippen molar-refractivity contribution in [2.24, 2.45) is 0 Å².